The van der Waals surface area contributed by atoms with Gasteiger partial charge in [0.1, 0.15) is 5.82 Å². The van der Waals surface area contributed by atoms with Crippen molar-refractivity contribution in [1.29, 1.82) is 0 Å². The molecule has 1 aliphatic heterocycles. The number of sulfonamides is 1. The predicted molar refractivity (Wildman–Crippen MR) is 85.6 cm³/mol. The van der Waals surface area contributed by atoms with Gasteiger partial charge in [-0.15, -0.1) is 0 Å². The Labute approximate surface area is 139 Å². The topological polar surface area (TPSA) is 115 Å². The van der Waals surface area contributed by atoms with Gasteiger partial charge in [0, 0.05) is 31.0 Å². The van der Waals surface area contributed by atoms with Crippen LogP contribution in [-0.4, -0.2) is 53.5 Å². The Balaban J connectivity index is 1.68. The van der Waals surface area contributed by atoms with E-state index in [-0.39, 0.29) is 17.3 Å². The lowest BCUT2D eigenvalue weighted by atomic mass is 10.2. The van der Waals surface area contributed by atoms with Crippen molar-refractivity contribution in [2.24, 2.45) is 0 Å². The van der Waals surface area contributed by atoms with Gasteiger partial charge in [-0.25, -0.2) is 18.1 Å². The first-order valence-electron chi connectivity index (χ1n) is 7.51. The number of likely N-dealkylation sites (tertiary alicyclic amines) is 1. The SMILES string of the molecule is O=C(c1ccc(S(=O)(=O)NCc2ncc[nH]2)cc1)N1CC[C@@H](O)C1. The molecule has 1 fully saturated rings. The first-order valence-corrected chi connectivity index (χ1v) is 8.99. The molecule has 1 amide bonds. The molecule has 2 heterocycles. The normalized spacial score (nSPS) is 18.0. The van der Waals surface area contributed by atoms with Gasteiger partial charge in [-0.05, 0) is 30.7 Å². The number of imidazole rings is 1. The van der Waals surface area contributed by atoms with Gasteiger partial charge in [0.2, 0.25) is 10.0 Å². The lowest BCUT2D eigenvalue weighted by molar-refractivity contribution is 0.0765. The molecule has 1 aromatic heterocycles. The molecule has 2 aromatic rings. The van der Waals surface area contributed by atoms with Crippen LogP contribution in [-0.2, 0) is 16.6 Å². The summed E-state index contributed by atoms with van der Waals surface area (Å²) in [6.07, 6.45) is 3.23. The lowest BCUT2D eigenvalue weighted by Gasteiger charge is -2.15. The molecule has 0 radical (unpaired) electrons. The second-order valence-corrected chi connectivity index (χ2v) is 7.35. The molecule has 9 heteroatoms. The van der Waals surface area contributed by atoms with E-state index in [9.17, 15) is 18.3 Å². The van der Waals surface area contributed by atoms with Gasteiger partial charge < -0.3 is 15.0 Å². The van der Waals surface area contributed by atoms with Crippen LogP contribution < -0.4 is 4.72 Å². The summed E-state index contributed by atoms with van der Waals surface area (Å²) in [5, 5.41) is 9.49. The van der Waals surface area contributed by atoms with Crippen molar-refractivity contribution in [3.8, 4) is 0 Å². The molecule has 0 bridgehead atoms. The van der Waals surface area contributed by atoms with Crippen molar-refractivity contribution in [2.45, 2.75) is 24.0 Å². The summed E-state index contributed by atoms with van der Waals surface area (Å²) in [4.78, 5) is 20.7. The van der Waals surface area contributed by atoms with Gasteiger partial charge in [-0.1, -0.05) is 0 Å². The number of rotatable bonds is 5. The Hall–Kier alpha value is -2.23. The molecule has 0 saturated carbocycles. The number of carbonyl (C=O) groups excluding carboxylic acids is 1. The molecule has 8 nitrogen and oxygen atoms in total. The highest BCUT2D eigenvalue weighted by Crippen LogP contribution is 2.16. The van der Waals surface area contributed by atoms with E-state index in [2.05, 4.69) is 14.7 Å². The average Bonchev–Trinajstić information content (AvgIpc) is 3.24. The molecule has 128 valence electrons. The molecule has 3 N–H and O–H groups in total. The molecule has 3 rings (SSSR count). The van der Waals surface area contributed by atoms with E-state index in [1.165, 1.54) is 24.3 Å². The molecule has 1 aliphatic rings. The first kappa shape index (κ1) is 16.6. The highest BCUT2D eigenvalue weighted by Gasteiger charge is 2.25. The minimum absolute atomic E-state index is 0.0572. The van der Waals surface area contributed by atoms with Crippen LogP contribution in [0.25, 0.3) is 0 Å². The molecule has 24 heavy (non-hydrogen) atoms. The van der Waals surface area contributed by atoms with Gasteiger partial charge in [0.25, 0.3) is 5.91 Å². The minimum Gasteiger partial charge on any atom is -0.391 e. The van der Waals surface area contributed by atoms with Crippen LogP contribution in [0.3, 0.4) is 0 Å². The summed E-state index contributed by atoms with van der Waals surface area (Å²) in [6, 6.07) is 5.75. The summed E-state index contributed by atoms with van der Waals surface area (Å²) in [7, 11) is -3.68. The lowest BCUT2D eigenvalue weighted by Crippen LogP contribution is -2.29. The van der Waals surface area contributed by atoms with Crippen molar-refractivity contribution in [1.82, 2.24) is 19.6 Å². The van der Waals surface area contributed by atoms with Crippen LogP contribution in [0.15, 0.2) is 41.6 Å². The molecule has 1 aromatic carbocycles. The second-order valence-electron chi connectivity index (χ2n) is 5.58. The number of aliphatic hydroxyl groups is 1. The van der Waals surface area contributed by atoms with E-state index in [4.69, 9.17) is 0 Å². The third-order valence-electron chi connectivity index (χ3n) is 3.85. The fraction of sp³-hybridized carbons (Fsp3) is 0.333. The van der Waals surface area contributed by atoms with Crippen LogP contribution in [0.1, 0.15) is 22.6 Å². The van der Waals surface area contributed by atoms with Crippen LogP contribution >= 0.6 is 0 Å². The molecular formula is C15H18N4O4S. The second kappa shape index (κ2) is 6.71. The van der Waals surface area contributed by atoms with E-state index < -0.39 is 16.1 Å². The summed E-state index contributed by atoms with van der Waals surface area (Å²) >= 11 is 0. The number of amides is 1. The third kappa shape index (κ3) is 3.64. The average molecular weight is 350 g/mol. The zero-order chi connectivity index (χ0) is 17.2. The van der Waals surface area contributed by atoms with Crippen LogP contribution in [0, 0.1) is 0 Å². The molecule has 0 unspecified atom stereocenters. The van der Waals surface area contributed by atoms with Crippen LogP contribution in [0.4, 0.5) is 0 Å². The zero-order valence-electron chi connectivity index (χ0n) is 12.8. The van der Waals surface area contributed by atoms with Crippen molar-refractivity contribution < 1.29 is 18.3 Å². The molecular weight excluding hydrogens is 332 g/mol. The van der Waals surface area contributed by atoms with Gasteiger partial charge in [0.15, 0.2) is 0 Å². The summed E-state index contributed by atoms with van der Waals surface area (Å²) in [5.74, 6) is 0.303. The number of nitrogens with one attached hydrogen (secondary N) is 2. The van der Waals surface area contributed by atoms with E-state index in [1.807, 2.05) is 0 Å². The summed E-state index contributed by atoms with van der Waals surface area (Å²) in [6.45, 7) is 0.871. The molecule has 1 saturated heterocycles. The Bertz CT molecular complexity index is 803. The molecule has 0 aliphatic carbocycles. The minimum atomic E-state index is -3.68. The fourth-order valence-electron chi connectivity index (χ4n) is 2.53. The predicted octanol–water partition coefficient (Wildman–Crippen LogP) is 0.0950. The van der Waals surface area contributed by atoms with E-state index in [1.54, 1.807) is 17.3 Å². The van der Waals surface area contributed by atoms with Gasteiger partial charge in [-0.2, -0.15) is 0 Å². The van der Waals surface area contributed by atoms with E-state index >= 15 is 0 Å². The highest BCUT2D eigenvalue weighted by molar-refractivity contribution is 7.89. The number of hydrogen-bond acceptors (Lipinski definition) is 5. The van der Waals surface area contributed by atoms with Crippen molar-refractivity contribution >= 4 is 15.9 Å². The Morgan fingerprint density at radius 2 is 2.12 bits per heavy atom. The zero-order valence-corrected chi connectivity index (χ0v) is 13.7. The third-order valence-corrected chi connectivity index (χ3v) is 5.26. The fourth-order valence-corrected chi connectivity index (χ4v) is 3.51. The van der Waals surface area contributed by atoms with Crippen molar-refractivity contribution in [2.75, 3.05) is 13.1 Å². The monoisotopic (exact) mass is 350 g/mol. The van der Waals surface area contributed by atoms with Crippen molar-refractivity contribution in [3.63, 3.8) is 0 Å². The smallest absolute Gasteiger partial charge is 0.253 e. The number of H-pyrrole nitrogens is 1. The number of nitrogens with zero attached hydrogens (tertiary/aromatic N) is 2. The van der Waals surface area contributed by atoms with E-state index in [0.717, 1.165) is 0 Å². The number of benzene rings is 1. The highest BCUT2D eigenvalue weighted by atomic mass is 32.2. The van der Waals surface area contributed by atoms with Crippen LogP contribution in [0.5, 0.6) is 0 Å². The number of β-amino-alcohol motifs (C(OH)–C–C–N with tert-alkyl or cyclic N) is 1. The summed E-state index contributed by atoms with van der Waals surface area (Å²) < 4.78 is 26.9. The maximum Gasteiger partial charge on any atom is 0.253 e. The Kier molecular flexibility index (Phi) is 4.65. The quantitative estimate of drug-likeness (QED) is 0.707. The van der Waals surface area contributed by atoms with Crippen molar-refractivity contribution in [3.05, 3.63) is 48.0 Å². The number of hydrogen-bond donors (Lipinski definition) is 3. The maximum absolute atomic E-state index is 12.3. The Morgan fingerprint density at radius 3 is 2.71 bits per heavy atom. The number of aromatic nitrogens is 2. The molecule has 1 atom stereocenters. The summed E-state index contributed by atoms with van der Waals surface area (Å²) in [5.41, 5.74) is 0.397. The number of carbonyl (C=O) groups is 1. The van der Waals surface area contributed by atoms with Gasteiger partial charge in [0.05, 0.1) is 17.5 Å². The van der Waals surface area contributed by atoms with Gasteiger partial charge in [-0.3, -0.25) is 4.79 Å². The van der Waals surface area contributed by atoms with Crippen LogP contribution in [0.2, 0.25) is 0 Å². The number of aromatic amines is 1. The first-order chi connectivity index (χ1) is 11.5. The van der Waals surface area contributed by atoms with Gasteiger partial charge >= 0.3 is 0 Å². The Morgan fingerprint density at radius 1 is 1.38 bits per heavy atom. The molecule has 0 spiro atoms. The standard InChI is InChI=1S/C15H18N4O4S/c20-12-5-8-19(10-12)15(21)11-1-3-13(4-2-11)24(22,23)18-9-14-16-6-7-17-14/h1-4,6-7,12,18,20H,5,8-10H2,(H,16,17)/t12-/m1/s1. The van der Waals surface area contributed by atoms with E-state index in [0.29, 0.717) is 30.9 Å². The largest absolute Gasteiger partial charge is 0.391 e. The number of aliphatic hydroxyl groups excluding tert-OH is 1. The maximum atomic E-state index is 12.3.